The van der Waals surface area contributed by atoms with E-state index in [9.17, 15) is 14.7 Å². The Morgan fingerprint density at radius 2 is 1.80 bits per heavy atom. The number of hydrogen-bond acceptors (Lipinski definition) is 5. The SMILES string of the molecule is CC(C)Oc1ccc(/C(O)=C2\C(=O)C(=O)N(Cc3ccccn3)C2c2c[nH]c3ccccc23)cc1. The Kier molecular flexibility index (Phi) is 5.82. The molecular formula is C28H25N3O4. The molecule has 7 heteroatoms. The van der Waals surface area contributed by atoms with Crippen LogP contribution in [0.4, 0.5) is 0 Å². The minimum absolute atomic E-state index is 0.00763. The molecule has 0 bridgehead atoms. The fraction of sp³-hybridized carbons (Fsp3) is 0.179. The number of carbonyl (C=O) groups excluding carboxylic acids is 2. The van der Waals surface area contributed by atoms with E-state index < -0.39 is 17.7 Å². The number of amides is 1. The van der Waals surface area contributed by atoms with Crippen LogP contribution in [0.3, 0.4) is 0 Å². The van der Waals surface area contributed by atoms with Gasteiger partial charge in [0, 0.05) is 34.4 Å². The molecule has 2 aromatic heterocycles. The summed E-state index contributed by atoms with van der Waals surface area (Å²) in [6, 6.07) is 19.2. The molecule has 5 rings (SSSR count). The van der Waals surface area contributed by atoms with Crippen molar-refractivity contribution in [1.82, 2.24) is 14.9 Å². The Bertz CT molecular complexity index is 1420. The van der Waals surface area contributed by atoms with Crippen molar-refractivity contribution in [1.29, 1.82) is 0 Å². The van der Waals surface area contributed by atoms with Crippen molar-refractivity contribution in [3.8, 4) is 5.75 Å². The molecule has 3 heterocycles. The average Bonchev–Trinajstić information content (AvgIpc) is 3.39. The lowest BCUT2D eigenvalue weighted by Crippen LogP contribution is -2.29. The van der Waals surface area contributed by atoms with E-state index in [1.54, 1.807) is 48.8 Å². The number of fused-ring (bicyclic) bond motifs is 1. The van der Waals surface area contributed by atoms with Gasteiger partial charge in [-0.2, -0.15) is 0 Å². The first-order chi connectivity index (χ1) is 16.9. The third-order valence-corrected chi connectivity index (χ3v) is 6.01. The van der Waals surface area contributed by atoms with Crippen LogP contribution in [0.25, 0.3) is 16.7 Å². The molecule has 1 aliphatic rings. The van der Waals surface area contributed by atoms with Crippen molar-refractivity contribution in [2.75, 3.05) is 0 Å². The van der Waals surface area contributed by atoms with Crippen LogP contribution in [0.15, 0.2) is 84.7 Å². The highest BCUT2D eigenvalue weighted by Gasteiger charge is 2.47. The Labute approximate surface area is 202 Å². The summed E-state index contributed by atoms with van der Waals surface area (Å²) in [5.41, 5.74) is 2.74. The summed E-state index contributed by atoms with van der Waals surface area (Å²) in [4.78, 5) is 35.6. The zero-order chi connectivity index (χ0) is 24.5. The first kappa shape index (κ1) is 22.4. The van der Waals surface area contributed by atoms with Crippen molar-refractivity contribution < 1.29 is 19.4 Å². The Morgan fingerprint density at radius 3 is 2.51 bits per heavy atom. The number of aromatic nitrogens is 2. The minimum atomic E-state index is -0.778. The van der Waals surface area contributed by atoms with Gasteiger partial charge in [0.2, 0.25) is 0 Å². The van der Waals surface area contributed by atoms with Crippen LogP contribution >= 0.6 is 0 Å². The number of aromatic amines is 1. The number of likely N-dealkylation sites (tertiary alicyclic amines) is 1. The van der Waals surface area contributed by atoms with Crippen LogP contribution in [0.2, 0.25) is 0 Å². The van der Waals surface area contributed by atoms with Gasteiger partial charge >= 0.3 is 0 Å². The maximum Gasteiger partial charge on any atom is 0.296 e. The normalized spacial score (nSPS) is 17.5. The van der Waals surface area contributed by atoms with E-state index in [2.05, 4.69) is 9.97 Å². The topological polar surface area (TPSA) is 95.5 Å². The predicted octanol–water partition coefficient (Wildman–Crippen LogP) is 4.97. The summed E-state index contributed by atoms with van der Waals surface area (Å²) in [5.74, 6) is -0.970. The van der Waals surface area contributed by atoms with E-state index in [4.69, 9.17) is 4.74 Å². The number of Topliss-reactive ketones (excluding diaryl/α,β-unsaturated/α-hetero) is 1. The highest BCUT2D eigenvalue weighted by molar-refractivity contribution is 6.46. The lowest BCUT2D eigenvalue weighted by atomic mass is 9.95. The summed E-state index contributed by atoms with van der Waals surface area (Å²) >= 11 is 0. The molecule has 7 nitrogen and oxygen atoms in total. The summed E-state index contributed by atoms with van der Waals surface area (Å²) in [7, 11) is 0. The lowest BCUT2D eigenvalue weighted by Gasteiger charge is -2.24. The zero-order valence-corrected chi connectivity index (χ0v) is 19.4. The third kappa shape index (κ3) is 4.17. The van der Waals surface area contributed by atoms with Gasteiger partial charge in [0.1, 0.15) is 11.5 Å². The van der Waals surface area contributed by atoms with Crippen molar-refractivity contribution in [2.24, 2.45) is 0 Å². The number of ether oxygens (including phenoxy) is 1. The van der Waals surface area contributed by atoms with E-state index in [-0.39, 0.29) is 24.0 Å². The minimum Gasteiger partial charge on any atom is -0.507 e. The smallest absolute Gasteiger partial charge is 0.296 e. The summed E-state index contributed by atoms with van der Waals surface area (Å²) in [5, 5.41) is 12.2. The second kappa shape index (κ2) is 9.10. The van der Waals surface area contributed by atoms with Gasteiger partial charge in [0.05, 0.1) is 30.0 Å². The standard InChI is InChI=1S/C28H25N3O4/c1-17(2)35-20-12-10-18(11-13-20)26(32)24-25(22-15-30-23-9-4-3-8-21(22)23)31(28(34)27(24)33)16-19-7-5-6-14-29-19/h3-15,17,25,30,32H,16H2,1-2H3/b26-24+. The zero-order valence-electron chi connectivity index (χ0n) is 19.4. The number of aliphatic hydroxyl groups is 1. The molecule has 4 aromatic rings. The molecule has 0 spiro atoms. The monoisotopic (exact) mass is 467 g/mol. The molecule has 1 fully saturated rings. The van der Waals surface area contributed by atoms with Crippen LogP contribution in [0, 0.1) is 0 Å². The Hall–Kier alpha value is -4.39. The molecule has 0 saturated carbocycles. The van der Waals surface area contributed by atoms with E-state index in [1.165, 1.54) is 4.90 Å². The molecule has 1 saturated heterocycles. The van der Waals surface area contributed by atoms with Gasteiger partial charge < -0.3 is 19.7 Å². The van der Waals surface area contributed by atoms with Crippen LogP contribution < -0.4 is 4.74 Å². The fourth-order valence-electron chi connectivity index (χ4n) is 4.47. The molecule has 1 unspecified atom stereocenters. The Balaban J connectivity index is 1.64. The number of benzene rings is 2. The number of para-hydroxylation sites is 1. The van der Waals surface area contributed by atoms with Gasteiger partial charge in [-0.1, -0.05) is 24.3 Å². The van der Waals surface area contributed by atoms with Crippen molar-refractivity contribution >= 4 is 28.4 Å². The summed E-state index contributed by atoms with van der Waals surface area (Å²) in [6.07, 6.45) is 3.45. The summed E-state index contributed by atoms with van der Waals surface area (Å²) in [6.45, 7) is 3.99. The van der Waals surface area contributed by atoms with Crippen LogP contribution in [0.5, 0.6) is 5.75 Å². The van der Waals surface area contributed by atoms with Gasteiger partial charge in [-0.3, -0.25) is 14.6 Å². The molecule has 1 aliphatic heterocycles. The average molecular weight is 468 g/mol. The van der Waals surface area contributed by atoms with Crippen LogP contribution in [-0.2, 0) is 16.1 Å². The second-order valence-corrected chi connectivity index (χ2v) is 8.73. The van der Waals surface area contributed by atoms with Gasteiger partial charge in [-0.15, -0.1) is 0 Å². The molecular weight excluding hydrogens is 442 g/mol. The number of ketones is 1. The van der Waals surface area contributed by atoms with Gasteiger partial charge in [0.25, 0.3) is 11.7 Å². The van der Waals surface area contributed by atoms with Crippen molar-refractivity contribution in [3.63, 3.8) is 0 Å². The van der Waals surface area contributed by atoms with Gasteiger partial charge in [-0.05, 0) is 56.3 Å². The maximum atomic E-state index is 13.3. The summed E-state index contributed by atoms with van der Waals surface area (Å²) < 4.78 is 5.69. The van der Waals surface area contributed by atoms with Crippen LogP contribution in [0.1, 0.15) is 36.7 Å². The molecule has 2 N–H and O–H groups in total. The van der Waals surface area contributed by atoms with E-state index >= 15 is 0 Å². The fourth-order valence-corrected chi connectivity index (χ4v) is 4.47. The van der Waals surface area contributed by atoms with E-state index in [0.29, 0.717) is 17.0 Å². The molecule has 1 atom stereocenters. The molecule has 2 aromatic carbocycles. The molecule has 0 aliphatic carbocycles. The van der Waals surface area contributed by atoms with Gasteiger partial charge in [0.15, 0.2) is 0 Å². The molecule has 1 amide bonds. The first-order valence-electron chi connectivity index (χ1n) is 11.5. The number of nitrogens with zero attached hydrogens (tertiary/aromatic N) is 2. The number of H-pyrrole nitrogens is 1. The van der Waals surface area contributed by atoms with Crippen molar-refractivity contribution in [2.45, 2.75) is 32.5 Å². The van der Waals surface area contributed by atoms with E-state index in [1.807, 2.05) is 44.2 Å². The third-order valence-electron chi connectivity index (χ3n) is 6.01. The molecule has 176 valence electrons. The number of hydrogen-bond donors (Lipinski definition) is 2. The van der Waals surface area contributed by atoms with Crippen molar-refractivity contribution in [3.05, 3.63) is 102 Å². The van der Waals surface area contributed by atoms with Crippen LogP contribution in [-0.4, -0.2) is 37.8 Å². The number of nitrogens with one attached hydrogen (secondary N) is 1. The highest BCUT2D eigenvalue weighted by Crippen LogP contribution is 2.42. The second-order valence-electron chi connectivity index (χ2n) is 8.73. The molecule has 35 heavy (non-hydrogen) atoms. The number of aliphatic hydroxyl groups excluding tert-OH is 1. The lowest BCUT2D eigenvalue weighted by molar-refractivity contribution is -0.140. The molecule has 0 radical (unpaired) electrons. The number of rotatable bonds is 6. The van der Waals surface area contributed by atoms with Gasteiger partial charge in [-0.25, -0.2) is 0 Å². The predicted molar refractivity (Wildman–Crippen MR) is 133 cm³/mol. The number of pyridine rings is 1. The largest absolute Gasteiger partial charge is 0.507 e. The quantitative estimate of drug-likeness (QED) is 0.237. The number of carbonyl (C=O) groups is 2. The van der Waals surface area contributed by atoms with E-state index in [0.717, 1.165) is 16.5 Å². The maximum absolute atomic E-state index is 13.3. The Morgan fingerprint density at radius 1 is 1.06 bits per heavy atom. The highest BCUT2D eigenvalue weighted by atomic mass is 16.5. The first-order valence-corrected chi connectivity index (χ1v) is 11.5.